The number of anilines is 1. The Morgan fingerprint density at radius 3 is 2.52 bits per heavy atom. The molecule has 0 amide bonds. The summed E-state index contributed by atoms with van der Waals surface area (Å²) in [7, 11) is 0. The van der Waals surface area contributed by atoms with Crippen molar-refractivity contribution >= 4 is 17.5 Å². The minimum absolute atomic E-state index is 0.0634. The van der Waals surface area contributed by atoms with Crippen LogP contribution in [0.5, 0.6) is 6.01 Å². The van der Waals surface area contributed by atoms with Crippen molar-refractivity contribution in [3.63, 3.8) is 0 Å². The molecule has 0 radical (unpaired) electrons. The van der Waals surface area contributed by atoms with Gasteiger partial charge in [-0.25, -0.2) is 0 Å². The van der Waals surface area contributed by atoms with Crippen molar-refractivity contribution < 1.29 is 4.74 Å². The monoisotopic (exact) mass is 306 g/mol. The molecule has 0 aliphatic rings. The van der Waals surface area contributed by atoms with E-state index in [-0.39, 0.29) is 16.7 Å². The van der Waals surface area contributed by atoms with Crippen LogP contribution in [0, 0.1) is 0 Å². The summed E-state index contributed by atoms with van der Waals surface area (Å²) in [6, 6.07) is 10.5. The van der Waals surface area contributed by atoms with E-state index >= 15 is 0 Å². The van der Waals surface area contributed by atoms with Gasteiger partial charge in [0.05, 0.1) is 6.61 Å². The summed E-state index contributed by atoms with van der Waals surface area (Å²) in [6.07, 6.45) is 0. The molecule has 112 valence electrons. The Morgan fingerprint density at radius 1 is 1.14 bits per heavy atom. The topological polar surface area (TPSA) is 59.9 Å². The Bertz CT molecular complexity index is 589. The van der Waals surface area contributed by atoms with Crippen molar-refractivity contribution in [1.29, 1.82) is 0 Å². The molecule has 0 atom stereocenters. The van der Waals surface area contributed by atoms with E-state index in [1.54, 1.807) is 0 Å². The predicted octanol–water partition coefficient (Wildman–Crippen LogP) is 3.31. The van der Waals surface area contributed by atoms with Crippen molar-refractivity contribution in [2.75, 3.05) is 18.5 Å². The second-order valence-corrected chi connectivity index (χ2v) is 5.59. The molecule has 0 aliphatic carbocycles. The van der Waals surface area contributed by atoms with Gasteiger partial charge in [-0.3, -0.25) is 0 Å². The van der Waals surface area contributed by atoms with Gasteiger partial charge in [0.15, 0.2) is 0 Å². The van der Waals surface area contributed by atoms with Crippen molar-refractivity contribution in [3.8, 4) is 6.01 Å². The SMILES string of the molecule is CCOc1nc(Cl)nc(NCC(C)(C)c2ccccc2)n1. The van der Waals surface area contributed by atoms with E-state index in [0.717, 1.165) is 0 Å². The van der Waals surface area contributed by atoms with Crippen LogP contribution in [0.15, 0.2) is 30.3 Å². The van der Waals surface area contributed by atoms with Gasteiger partial charge in [-0.15, -0.1) is 0 Å². The van der Waals surface area contributed by atoms with Gasteiger partial charge in [0.2, 0.25) is 11.2 Å². The first-order valence-electron chi connectivity index (χ1n) is 6.85. The fraction of sp³-hybridized carbons (Fsp3) is 0.400. The summed E-state index contributed by atoms with van der Waals surface area (Å²) < 4.78 is 5.26. The Kier molecular flexibility index (Phi) is 4.96. The Balaban J connectivity index is 2.09. The lowest BCUT2D eigenvalue weighted by Gasteiger charge is -2.25. The number of ether oxygens (including phenoxy) is 1. The molecule has 1 N–H and O–H groups in total. The first-order valence-corrected chi connectivity index (χ1v) is 7.23. The van der Waals surface area contributed by atoms with Gasteiger partial charge >= 0.3 is 6.01 Å². The van der Waals surface area contributed by atoms with Crippen LogP contribution in [0.3, 0.4) is 0 Å². The van der Waals surface area contributed by atoms with Crippen molar-refractivity contribution in [1.82, 2.24) is 15.0 Å². The smallest absolute Gasteiger partial charge is 0.322 e. The van der Waals surface area contributed by atoms with E-state index in [1.165, 1.54) is 5.56 Å². The third-order valence-electron chi connectivity index (χ3n) is 3.10. The molecule has 2 aromatic rings. The summed E-state index contributed by atoms with van der Waals surface area (Å²) in [5.74, 6) is 0.419. The fourth-order valence-corrected chi connectivity index (χ4v) is 2.05. The first kappa shape index (κ1) is 15.5. The molecule has 1 aromatic heterocycles. The van der Waals surface area contributed by atoms with E-state index < -0.39 is 0 Å². The molecule has 0 bridgehead atoms. The van der Waals surface area contributed by atoms with E-state index in [4.69, 9.17) is 16.3 Å². The largest absolute Gasteiger partial charge is 0.464 e. The van der Waals surface area contributed by atoms with Gasteiger partial charge in [-0.2, -0.15) is 15.0 Å². The average Bonchev–Trinajstić information content (AvgIpc) is 2.46. The molecule has 1 heterocycles. The van der Waals surface area contributed by atoms with E-state index in [2.05, 4.69) is 46.2 Å². The second kappa shape index (κ2) is 6.72. The zero-order valence-electron chi connectivity index (χ0n) is 12.4. The van der Waals surface area contributed by atoms with Gasteiger partial charge in [-0.05, 0) is 24.1 Å². The standard InChI is InChI=1S/C15H19ClN4O/c1-4-21-14-19-12(16)18-13(20-14)17-10-15(2,3)11-8-6-5-7-9-11/h5-9H,4,10H2,1-3H3,(H,17,18,19,20). The minimum atomic E-state index is -0.0634. The lowest BCUT2D eigenvalue weighted by molar-refractivity contribution is 0.312. The molecule has 0 fully saturated rings. The normalized spacial score (nSPS) is 11.2. The molecule has 0 spiro atoms. The summed E-state index contributed by atoms with van der Waals surface area (Å²) in [4.78, 5) is 12.2. The quantitative estimate of drug-likeness (QED) is 0.887. The van der Waals surface area contributed by atoms with Crippen LogP contribution < -0.4 is 10.1 Å². The number of rotatable bonds is 6. The van der Waals surface area contributed by atoms with Gasteiger partial charge in [-0.1, -0.05) is 44.2 Å². The lowest BCUT2D eigenvalue weighted by atomic mass is 9.85. The number of halogens is 1. The van der Waals surface area contributed by atoms with Crippen molar-refractivity contribution in [3.05, 3.63) is 41.2 Å². The molecular weight excluding hydrogens is 288 g/mol. The minimum Gasteiger partial charge on any atom is -0.464 e. The molecule has 2 rings (SSSR count). The van der Waals surface area contributed by atoms with E-state index in [1.807, 2.05) is 25.1 Å². The molecule has 0 unspecified atom stereocenters. The molecule has 0 aliphatic heterocycles. The summed E-state index contributed by atoms with van der Waals surface area (Å²) in [5.41, 5.74) is 1.18. The number of hydrogen-bond donors (Lipinski definition) is 1. The Hall–Kier alpha value is -1.88. The highest BCUT2D eigenvalue weighted by atomic mass is 35.5. The molecule has 0 saturated heterocycles. The van der Waals surface area contributed by atoms with Crippen LogP contribution in [0.4, 0.5) is 5.95 Å². The number of nitrogens with one attached hydrogen (secondary N) is 1. The highest BCUT2D eigenvalue weighted by Gasteiger charge is 2.20. The molecular formula is C15H19ClN4O. The maximum atomic E-state index is 5.87. The van der Waals surface area contributed by atoms with Crippen LogP contribution >= 0.6 is 11.6 Å². The zero-order chi connectivity index (χ0) is 15.3. The second-order valence-electron chi connectivity index (χ2n) is 5.25. The molecule has 1 aromatic carbocycles. The molecule has 0 saturated carbocycles. The number of nitrogens with zero attached hydrogens (tertiary/aromatic N) is 3. The number of benzene rings is 1. The first-order chi connectivity index (χ1) is 10.0. The summed E-state index contributed by atoms with van der Waals surface area (Å²) >= 11 is 5.87. The van der Waals surface area contributed by atoms with Crippen molar-refractivity contribution in [2.24, 2.45) is 0 Å². The van der Waals surface area contributed by atoms with Crippen LogP contribution in [0.2, 0.25) is 5.28 Å². The maximum Gasteiger partial charge on any atom is 0.322 e. The molecule has 5 nitrogen and oxygen atoms in total. The van der Waals surface area contributed by atoms with E-state index in [9.17, 15) is 0 Å². The molecule has 21 heavy (non-hydrogen) atoms. The average molecular weight is 307 g/mol. The zero-order valence-corrected chi connectivity index (χ0v) is 13.2. The van der Waals surface area contributed by atoms with Crippen LogP contribution in [-0.4, -0.2) is 28.1 Å². The lowest BCUT2D eigenvalue weighted by Crippen LogP contribution is -2.28. The van der Waals surface area contributed by atoms with Crippen LogP contribution in [0.25, 0.3) is 0 Å². The fourth-order valence-electron chi connectivity index (χ4n) is 1.90. The third-order valence-corrected chi connectivity index (χ3v) is 3.27. The van der Waals surface area contributed by atoms with Gasteiger partial charge in [0, 0.05) is 12.0 Å². The number of hydrogen-bond acceptors (Lipinski definition) is 5. The Morgan fingerprint density at radius 2 is 1.86 bits per heavy atom. The van der Waals surface area contributed by atoms with Crippen LogP contribution in [0.1, 0.15) is 26.3 Å². The number of aromatic nitrogens is 3. The maximum absolute atomic E-state index is 5.87. The van der Waals surface area contributed by atoms with Gasteiger partial charge < -0.3 is 10.1 Å². The summed E-state index contributed by atoms with van der Waals surface area (Å²) in [6.45, 7) is 7.32. The summed E-state index contributed by atoms with van der Waals surface area (Å²) in [5, 5.41) is 3.32. The van der Waals surface area contributed by atoms with E-state index in [0.29, 0.717) is 19.1 Å². The van der Waals surface area contributed by atoms with Gasteiger partial charge in [0.1, 0.15) is 0 Å². The molecule has 6 heteroatoms. The highest BCUT2D eigenvalue weighted by molar-refractivity contribution is 6.28. The predicted molar refractivity (Wildman–Crippen MR) is 84.0 cm³/mol. The third kappa shape index (κ3) is 4.29. The highest BCUT2D eigenvalue weighted by Crippen LogP contribution is 2.23. The van der Waals surface area contributed by atoms with Crippen LogP contribution in [-0.2, 0) is 5.41 Å². The van der Waals surface area contributed by atoms with Crippen molar-refractivity contribution in [2.45, 2.75) is 26.2 Å². The van der Waals surface area contributed by atoms with Gasteiger partial charge in [0.25, 0.3) is 0 Å². The Labute approximate surface area is 129 Å².